The third-order valence-electron chi connectivity index (χ3n) is 2.03. The van der Waals surface area contributed by atoms with E-state index in [0.717, 1.165) is 13.1 Å². The van der Waals surface area contributed by atoms with Crippen LogP contribution in [-0.2, 0) is 6.54 Å². The fourth-order valence-electron chi connectivity index (χ4n) is 1.18. The number of rotatable bonds is 4. The van der Waals surface area contributed by atoms with Gasteiger partial charge in [-0.15, -0.1) is 12.4 Å². The Morgan fingerprint density at radius 1 is 1.14 bits per heavy atom. The largest absolute Gasteiger partial charge is 0.378 e. The lowest BCUT2D eigenvalue weighted by Crippen LogP contribution is -2.12. The lowest BCUT2D eigenvalue weighted by Gasteiger charge is -2.12. The molecule has 0 saturated carbocycles. The SMILES string of the molecule is CCNCc1ccc(N(C)C)cc1.Cl. The Bertz CT molecular complexity index is 244. The van der Waals surface area contributed by atoms with Crippen LogP contribution in [0.2, 0.25) is 0 Å². The Balaban J connectivity index is 0.00000169. The van der Waals surface area contributed by atoms with Crippen LogP contribution in [0.3, 0.4) is 0 Å². The van der Waals surface area contributed by atoms with Crippen molar-refractivity contribution in [3.8, 4) is 0 Å². The van der Waals surface area contributed by atoms with E-state index < -0.39 is 0 Å². The molecule has 0 aliphatic heterocycles. The van der Waals surface area contributed by atoms with Gasteiger partial charge in [-0.1, -0.05) is 19.1 Å². The predicted molar refractivity (Wildman–Crippen MR) is 65.4 cm³/mol. The van der Waals surface area contributed by atoms with E-state index in [9.17, 15) is 0 Å². The molecule has 0 atom stereocenters. The zero-order valence-corrected chi connectivity index (χ0v) is 9.90. The van der Waals surface area contributed by atoms with Gasteiger partial charge in [-0.2, -0.15) is 0 Å². The number of halogens is 1. The molecule has 0 aliphatic rings. The Kier molecular flexibility index (Phi) is 6.34. The average molecular weight is 215 g/mol. The second-order valence-corrected chi connectivity index (χ2v) is 3.34. The van der Waals surface area contributed by atoms with E-state index in [4.69, 9.17) is 0 Å². The molecule has 0 amide bonds. The molecule has 3 heteroatoms. The molecule has 0 bridgehead atoms. The molecule has 0 aromatic heterocycles. The predicted octanol–water partition coefficient (Wildman–Crippen LogP) is 2.28. The van der Waals surface area contributed by atoms with Gasteiger partial charge in [0.15, 0.2) is 0 Å². The smallest absolute Gasteiger partial charge is 0.0361 e. The second-order valence-electron chi connectivity index (χ2n) is 3.34. The summed E-state index contributed by atoms with van der Waals surface area (Å²) in [5.41, 5.74) is 2.59. The number of hydrogen-bond acceptors (Lipinski definition) is 2. The number of benzene rings is 1. The van der Waals surface area contributed by atoms with Crippen molar-refractivity contribution < 1.29 is 0 Å². The highest BCUT2D eigenvalue weighted by Gasteiger charge is 1.94. The molecular formula is C11H19ClN2. The first-order chi connectivity index (χ1) is 6.24. The summed E-state index contributed by atoms with van der Waals surface area (Å²) in [6.45, 7) is 4.10. The van der Waals surface area contributed by atoms with E-state index in [1.807, 2.05) is 0 Å². The van der Waals surface area contributed by atoms with Gasteiger partial charge in [0.05, 0.1) is 0 Å². The maximum atomic E-state index is 3.30. The van der Waals surface area contributed by atoms with E-state index in [2.05, 4.69) is 55.5 Å². The molecule has 0 heterocycles. The molecule has 0 saturated heterocycles. The minimum atomic E-state index is 0. The van der Waals surface area contributed by atoms with Crippen molar-refractivity contribution >= 4 is 18.1 Å². The topological polar surface area (TPSA) is 15.3 Å². The van der Waals surface area contributed by atoms with Crippen LogP contribution in [0.25, 0.3) is 0 Å². The Morgan fingerprint density at radius 3 is 2.14 bits per heavy atom. The first kappa shape index (κ1) is 13.3. The van der Waals surface area contributed by atoms with Crippen LogP contribution in [-0.4, -0.2) is 20.6 Å². The standard InChI is InChI=1S/C11H18N2.ClH/c1-4-12-9-10-5-7-11(8-6-10)13(2)3;/h5-8,12H,4,9H2,1-3H3;1H. The van der Waals surface area contributed by atoms with Crippen molar-refractivity contribution in [1.29, 1.82) is 0 Å². The molecule has 1 rings (SSSR count). The highest BCUT2D eigenvalue weighted by atomic mass is 35.5. The zero-order chi connectivity index (χ0) is 9.68. The zero-order valence-electron chi connectivity index (χ0n) is 9.08. The molecule has 80 valence electrons. The molecule has 1 aromatic carbocycles. The van der Waals surface area contributed by atoms with Gasteiger partial charge < -0.3 is 10.2 Å². The van der Waals surface area contributed by atoms with Gasteiger partial charge in [0.2, 0.25) is 0 Å². The van der Waals surface area contributed by atoms with Crippen LogP contribution >= 0.6 is 12.4 Å². The summed E-state index contributed by atoms with van der Waals surface area (Å²) in [5.74, 6) is 0. The van der Waals surface area contributed by atoms with Crippen molar-refractivity contribution in [1.82, 2.24) is 5.32 Å². The molecule has 0 spiro atoms. The summed E-state index contributed by atoms with van der Waals surface area (Å²) in [5, 5.41) is 3.30. The molecular weight excluding hydrogens is 196 g/mol. The maximum Gasteiger partial charge on any atom is 0.0361 e. The number of nitrogens with zero attached hydrogens (tertiary/aromatic N) is 1. The van der Waals surface area contributed by atoms with Crippen LogP contribution in [0, 0.1) is 0 Å². The minimum absolute atomic E-state index is 0. The molecule has 0 fully saturated rings. The van der Waals surface area contributed by atoms with E-state index in [0.29, 0.717) is 0 Å². The van der Waals surface area contributed by atoms with E-state index in [-0.39, 0.29) is 12.4 Å². The van der Waals surface area contributed by atoms with Gasteiger partial charge in [0.25, 0.3) is 0 Å². The number of anilines is 1. The van der Waals surface area contributed by atoms with Gasteiger partial charge in [-0.05, 0) is 24.2 Å². The maximum absolute atomic E-state index is 3.30. The van der Waals surface area contributed by atoms with Crippen LogP contribution in [0.4, 0.5) is 5.69 Å². The van der Waals surface area contributed by atoms with Crippen LogP contribution in [0.5, 0.6) is 0 Å². The lowest BCUT2D eigenvalue weighted by atomic mass is 10.2. The third kappa shape index (κ3) is 3.99. The molecule has 0 aliphatic carbocycles. The third-order valence-corrected chi connectivity index (χ3v) is 2.03. The summed E-state index contributed by atoms with van der Waals surface area (Å²) in [6, 6.07) is 8.62. The van der Waals surface area contributed by atoms with E-state index >= 15 is 0 Å². The van der Waals surface area contributed by atoms with Crippen molar-refractivity contribution in [2.75, 3.05) is 25.5 Å². The Morgan fingerprint density at radius 2 is 1.71 bits per heavy atom. The first-order valence-electron chi connectivity index (χ1n) is 4.71. The molecule has 14 heavy (non-hydrogen) atoms. The highest BCUT2D eigenvalue weighted by molar-refractivity contribution is 5.85. The van der Waals surface area contributed by atoms with Crippen molar-refractivity contribution in [3.63, 3.8) is 0 Å². The van der Waals surface area contributed by atoms with E-state index in [1.54, 1.807) is 0 Å². The Hall–Kier alpha value is -0.730. The van der Waals surface area contributed by atoms with Crippen LogP contribution in [0.15, 0.2) is 24.3 Å². The average Bonchev–Trinajstić information content (AvgIpc) is 2.15. The fourth-order valence-corrected chi connectivity index (χ4v) is 1.18. The van der Waals surface area contributed by atoms with Gasteiger partial charge >= 0.3 is 0 Å². The lowest BCUT2D eigenvalue weighted by molar-refractivity contribution is 0.727. The van der Waals surface area contributed by atoms with Gasteiger partial charge in [0.1, 0.15) is 0 Å². The summed E-state index contributed by atoms with van der Waals surface area (Å²) in [7, 11) is 4.11. The van der Waals surface area contributed by atoms with Crippen molar-refractivity contribution in [2.45, 2.75) is 13.5 Å². The quantitative estimate of drug-likeness (QED) is 0.828. The normalized spacial score (nSPS) is 9.36. The molecule has 0 radical (unpaired) electrons. The number of nitrogens with one attached hydrogen (secondary N) is 1. The number of hydrogen-bond donors (Lipinski definition) is 1. The Labute approximate surface area is 92.7 Å². The van der Waals surface area contributed by atoms with Crippen LogP contribution < -0.4 is 10.2 Å². The highest BCUT2D eigenvalue weighted by Crippen LogP contribution is 2.11. The van der Waals surface area contributed by atoms with Crippen molar-refractivity contribution in [2.24, 2.45) is 0 Å². The summed E-state index contributed by atoms with van der Waals surface area (Å²) in [6.07, 6.45) is 0. The fraction of sp³-hybridized carbons (Fsp3) is 0.455. The molecule has 1 N–H and O–H groups in total. The summed E-state index contributed by atoms with van der Waals surface area (Å²) < 4.78 is 0. The first-order valence-corrected chi connectivity index (χ1v) is 4.71. The molecule has 0 unspecified atom stereocenters. The monoisotopic (exact) mass is 214 g/mol. The molecule has 1 aromatic rings. The summed E-state index contributed by atoms with van der Waals surface area (Å²) in [4.78, 5) is 2.11. The second kappa shape index (κ2) is 6.68. The van der Waals surface area contributed by atoms with Crippen LogP contribution in [0.1, 0.15) is 12.5 Å². The van der Waals surface area contributed by atoms with Gasteiger partial charge in [-0.25, -0.2) is 0 Å². The van der Waals surface area contributed by atoms with Gasteiger partial charge in [0, 0.05) is 26.3 Å². The molecule has 2 nitrogen and oxygen atoms in total. The van der Waals surface area contributed by atoms with Crippen molar-refractivity contribution in [3.05, 3.63) is 29.8 Å². The minimum Gasteiger partial charge on any atom is -0.378 e. The van der Waals surface area contributed by atoms with E-state index in [1.165, 1.54) is 11.3 Å². The summed E-state index contributed by atoms with van der Waals surface area (Å²) >= 11 is 0. The van der Waals surface area contributed by atoms with Gasteiger partial charge in [-0.3, -0.25) is 0 Å².